The number of hydrogen-bond acceptors (Lipinski definition) is 4. The van der Waals surface area contributed by atoms with Gasteiger partial charge in [0.2, 0.25) is 11.7 Å². The lowest BCUT2D eigenvalue weighted by Crippen LogP contribution is -2.27. The highest BCUT2D eigenvalue weighted by Gasteiger charge is 2.19. The quantitative estimate of drug-likeness (QED) is 0.750. The maximum atomic E-state index is 13.1. The van der Waals surface area contributed by atoms with Gasteiger partial charge >= 0.3 is 0 Å². The van der Waals surface area contributed by atoms with E-state index >= 15 is 0 Å². The van der Waals surface area contributed by atoms with Gasteiger partial charge in [0.05, 0.1) is 13.2 Å². The van der Waals surface area contributed by atoms with E-state index in [1.807, 2.05) is 13.0 Å². The third-order valence-electron chi connectivity index (χ3n) is 4.55. The van der Waals surface area contributed by atoms with E-state index < -0.39 is 0 Å². The fourth-order valence-electron chi connectivity index (χ4n) is 2.83. The van der Waals surface area contributed by atoms with Crippen LogP contribution in [-0.4, -0.2) is 38.2 Å². The molecule has 0 fully saturated rings. The molecule has 1 amide bonds. The molecule has 0 aliphatic carbocycles. The number of nitrogens with zero attached hydrogens (tertiary/aromatic N) is 1. The standard InChI is InChI=1S/C21H22FNO4/c1-14(16-5-7-17(22)8-6-16)23(2)20(24)9-4-15-12-18(25-3)21-19(13-15)26-10-11-27-21/h4-9,12-14H,10-11H2,1-3H3/b9-4+. The van der Waals surface area contributed by atoms with Crippen molar-refractivity contribution < 1.29 is 23.4 Å². The van der Waals surface area contributed by atoms with Crippen LogP contribution in [0.2, 0.25) is 0 Å². The lowest BCUT2D eigenvalue weighted by atomic mass is 10.1. The van der Waals surface area contributed by atoms with Crippen molar-refractivity contribution in [3.8, 4) is 17.2 Å². The summed E-state index contributed by atoms with van der Waals surface area (Å²) in [5.74, 6) is 1.27. The van der Waals surface area contributed by atoms with Crippen LogP contribution in [0.4, 0.5) is 4.39 Å². The molecule has 0 spiro atoms. The number of likely N-dealkylation sites (N-methyl/N-ethyl adjacent to an activating group) is 1. The Hall–Kier alpha value is -3.02. The minimum absolute atomic E-state index is 0.166. The van der Waals surface area contributed by atoms with Gasteiger partial charge in [-0.2, -0.15) is 0 Å². The first-order chi connectivity index (χ1) is 13.0. The van der Waals surface area contributed by atoms with Gasteiger partial charge in [0, 0.05) is 13.1 Å². The number of amides is 1. The maximum absolute atomic E-state index is 13.1. The molecule has 2 aromatic rings. The number of carbonyl (C=O) groups is 1. The number of hydrogen-bond donors (Lipinski definition) is 0. The molecule has 1 unspecified atom stereocenters. The molecule has 27 heavy (non-hydrogen) atoms. The number of carbonyl (C=O) groups excluding carboxylic acids is 1. The van der Waals surface area contributed by atoms with Gasteiger partial charge in [0.25, 0.3) is 0 Å². The zero-order valence-corrected chi connectivity index (χ0v) is 15.6. The predicted molar refractivity (Wildman–Crippen MR) is 101 cm³/mol. The highest BCUT2D eigenvalue weighted by Crippen LogP contribution is 2.40. The van der Waals surface area contributed by atoms with Crippen LogP contribution in [0.5, 0.6) is 17.2 Å². The first kappa shape index (κ1) is 18.8. The van der Waals surface area contributed by atoms with Gasteiger partial charge in [-0.15, -0.1) is 0 Å². The summed E-state index contributed by atoms with van der Waals surface area (Å²) in [7, 11) is 3.27. The van der Waals surface area contributed by atoms with Crippen LogP contribution in [-0.2, 0) is 4.79 Å². The smallest absolute Gasteiger partial charge is 0.246 e. The Balaban J connectivity index is 1.75. The highest BCUT2D eigenvalue weighted by molar-refractivity contribution is 5.92. The van der Waals surface area contributed by atoms with E-state index in [4.69, 9.17) is 14.2 Å². The van der Waals surface area contributed by atoms with Crippen molar-refractivity contribution in [2.75, 3.05) is 27.4 Å². The van der Waals surface area contributed by atoms with Crippen molar-refractivity contribution in [1.29, 1.82) is 0 Å². The van der Waals surface area contributed by atoms with Crippen molar-refractivity contribution in [3.05, 3.63) is 59.4 Å². The van der Waals surface area contributed by atoms with E-state index in [1.54, 1.807) is 43.3 Å². The SMILES string of the molecule is COc1cc(/C=C/C(=O)N(C)C(C)c2ccc(F)cc2)cc2c1OCCO2. The fourth-order valence-corrected chi connectivity index (χ4v) is 2.83. The molecule has 0 radical (unpaired) electrons. The van der Waals surface area contributed by atoms with E-state index in [1.165, 1.54) is 18.2 Å². The number of methoxy groups -OCH3 is 1. The van der Waals surface area contributed by atoms with Crippen molar-refractivity contribution in [3.63, 3.8) is 0 Å². The molecule has 2 aromatic carbocycles. The van der Waals surface area contributed by atoms with Gasteiger partial charge in [0.1, 0.15) is 19.0 Å². The Morgan fingerprint density at radius 1 is 1.22 bits per heavy atom. The summed E-state index contributed by atoms with van der Waals surface area (Å²) >= 11 is 0. The molecule has 0 bridgehead atoms. The topological polar surface area (TPSA) is 48.0 Å². The van der Waals surface area contributed by atoms with Crippen LogP contribution in [0.25, 0.3) is 6.08 Å². The van der Waals surface area contributed by atoms with Gasteiger partial charge in [-0.3, -0.25) is 4.79 Å². The Morgan fingerprint density at radius 2 is 1.93 bits per heavy atom. The van der Waals surface area contributed by atoms with Crippen LogP contribution >= 0.6 is 0 Å². The van der Waals surface area contributed by atoms with Gasteiger partial charge in [-0.05, 0) is 48.4 Å². The average Bonchev–Trinajstić information content (AvgIpc) is 2.70. The Labute approximate surface area is 158 Å². The number of rotatable bonds is 5. The maximum Gasteiger partial charge on any atom is 0.246 e. The lowest BCUT2D eigenvalue weighted by molar-refractivity contribution is -0.126. The average molecular weight is 371 g/mol. The fraction of sp³-hybridized carbons (Fsp3) is 0.286. The zero-order valence-electron chi connectivity index (χ0n) is 15.6. The molecular formula is C21H22FNO4. The van der Waals surface area contributed by atoms with Gasteiger partial charge in [-0.25, -0.2) is 4.39 Å². The Morgan fingerprint density at radius 3 is 2.63 bits per heavy atom. The molecule has 0 saturated carbocycles. The number of benzene rings is 2. The normalized spacial score (nSPS) is 14.1. The Bertz CT molecular complexity index is 831. The molecule has 0 saturated heterocycles. The van der Waals surface area contributed by atoms with Gasteiger partial charge < -0.3 is 19.1 Å². The first-order valence-electron chi connectivity index (χ1n) is 8.67. The second kappa shape index (κ2) is 8.12. The van der Waals surface area contributed by atoms with E-state index in [0.717, 1.165) is 11.1 Å². The molecule has 5 nitrogen and oxygen atoms in total. The van der Waals surface area contributed by atoms with Crippen LogP contribution in [0, 0.1) is 5.82 Å². The molecule has 1 heterocycles. The van der Waals surface area contributed by atoms with E-state index in [9.17, 15) is 9.18 Å². The second-order valence-electron chi connectivity index (χ2n) is 6.26. The van der Waals surface area contributed by atoms with Crippen molar-refractivity contribution in [2.45, 2.75) is 13.0 Å². The van der Waals surface area contributed by atoms with Crippen LogP contribution in [0.15, 0.2) is 42.5 Å². The number of fused-ring (bicyclic) bond motifs is 1. The summed E-state index contributed by atoms with van der Waals surface area (Å²) in [6, 6.07) is 9.56. The van der Waals surface area contributed by atoms with Gasteiger partial charge in [-0.1, -0.05) is 12.1 Å². The van der Waals surface area contributed by atoms with Crippen LogP contribution in [0.3, 0.4) is 0 Å². The second-order valence-corrected chi connectivity index (χ2v) is 6.26. The number of halogens is 1. The summed E-state index contributed by atoms with van der Waals surface area (Å²) in [6.07, 6.45) is 3.20. The lowest BCUT2D eigenvalue weighted by Gasteiger charge is -2.24. The first-order valence-corrected chi connectivity index (χ1v) is 8.67. The molecule has 3 rings (SSSR count). The summed E-state index contributed by atoms with van der Waals surface area (Å²) < 4.78 is 29.6. The minimum atomic E-state index is -0.299. The third-order valence-corrected chi connectivity index (χ3v) is 4.55. The van der Waals surface area contributed by atoms with Crippen molar-refractivity contribution >= 4 is 12.0 Å². The largest absolute Gasteiger partial charge is 0.493 e. The molecule has 1 aliphatic rings. The molecule has 0 aromatic heterocycles. The molecule has 1 aliphatic heterocycles. The van der Waals surface area contributed by atoms with E-state index in [0.29, 0.717) is 30.5 Å². The monoisotopic (exact) mass is 371 g/mol. The molecule has 142 valence electrons. The van der Waals surface area contributed by atoms with Gasteiger partial charge in [0.15, 0.2) is 11.5 Å². The molecule has 0 N–H and O–H groups in total. The van der Waals surface area contributed by atoms with Crippen molar-refractivity contribution in [2.24, 2.45) is 0 Å². The third kappa shape index (κ3) is 4.22. The van der Waals surface area contributed by atoms with E-state index in [2.05, 4.69) is 0 Å². The van der Waals surface area contributed by atoms with Crippen LogP contribution in [0.1, 0.15) is 24.1 Å². The number of ether oxygens (including phenoxy) is 3. The van der Waals surface area contributed by atoms with E-state index in [-0.39, 0.29) is 17.8 Å². The van der Waals surface area contributed by atoms with Crippen LogP contribution < -0.4 is 14.2 Å². The summed E-state index contributed by atoms with van der Waals surface area (Å²) in [5, 5.41) is 0. The molecule has 1 atom stereocenters. The Kier molecular flexibility index (Phi) is 5.64. The highest BCUT2D eigenvalue weighted by atomic mass is 19.1. The minimum Gasteiger partial charge on any atom is -0.493 e. The summed E-state index contributed by atoms with van der Waals surface area (Å²) in [6.45, 7) is 2.84. The summed E-state index contributed by atoms with van der Waals surface area (Å²) in [5.41, 5.74) is 1.63. The zero-order chi connectivity index (χ0) is 19.4. The van der Waals surface area contributed by atoms with Crippen molar-refractivity contribution in [1.82, 2.24) is 4.90 Å². The summed E-state index contributed by atoms with van der Waals surface area (Å²) in [4.78, 5) is 14.1. The predicted octanol–water partition coefficient (Wildman–Crippen LogP) is 3.84. The molecule has 6 heteroatoms. The molecular weight excluding hydrogens is 349 g/mol.